The van der Waals surface area contributed by atoms with Gasteiger partial charge in [0.05, 0.1) is 19.1 Å². The molecule has 0 radical (unpaired) electrons. The first kappa shape index (κ1) is 31.8. The van der Waals surface area contributed by atoms with Crippen LogP contribution in [0.1, 0.15) is 48.9 Å². The highest BCUT2D eigenvalue weighted by Crippen LogP contribution is 2.33. The summed E-state index contributed by atoms with van der Waals surface area (Å²) in [7, 11) is -1.69. The Morgan fingerprint density at radius 3 is 2.49 bits per heavy atom. The molecule has 45 heavy (non-hydrogen) atoms. The fraction of sp³-hybridized carbons (Fsp3) is 0.515. The Morgan fingerprint density at radius 2 is 1.80 bits per heavy atom. The summed E-state index contributed by atoms with van der Waals surface area (Å²) >= 11 is 6.63. The third-order valence-corrected chi connectivity index (χ3v) is 11.0. The second-order valence-electron chi connectivity index (χ2n) is 12.3. The molecule has 3 aliphatic rings. The molecule has 2 fully saturated rings. The van der Waals surface area contributed by atoms with Crippen molar-refractivity contribution < 1.29 is 17.9 Å². The number of amides is 1. The van der Waals surface area contributed by atoms with Gasteiger partial charge < -0.3 is 19.9 Å². The van der Waals surface area contributed by atoms with Crippen molar-refractivity contribution in [3.05, 3.63) is 64.3 Å². The summed E-state index contributed by atoms with van der Waals surface area (Å²) in [6, 6.07) is 14.1. The maximum absolute atomic E-state index is 12.5. The van der Waals surface area contributed by atoms with E-state index < -0.39 is 10.0 Å². The van der Waals surface area contributed by atoms with Gasteiger partial charge in [-0.15, -0.1) is 0 Å². The van der Waals surface area contributed by atoms with Crippen molar-refractivity contribution in [1.29, 1.82) is 0 Å². The molecule has 2 aromatic carbocycles. The molecule has 10 nitrogen and oxygen atoms in total. The Balaban J connectivity index is 1.16. The van der Waals surface area contributed by atoms with E-state index in [9.17, 15) is 13.2 Å². The summed E-state index contributed by atoms with van der Waals surface area (Å²) in [5.41, 5.74) is 5.72. The van der Waals surface area contributed by atoms with Crippen molar-refractivity contribution in [3.63, 3.8) is 0 Å². The smallest absolute Gasteiger partial charge is 0.222 e. The molecule has 242 valence electrons. The average Bonchev–Trinajstić information content (AvgIpc) is 3.64. The number of fused-ring (bicyclic) bond motifs is 1. The van der Waals surface area contributed by atoms with Crippen LogP contribution in [-0.2, 0) is 40.9 Å². The number of hydrogen-bond donors (Lipinski definition) is 1. The van der Waals surface area contributed by atoms with E-state index in [1.54, 1.807) is 11.4 Å². The van der Waals surface area contributed by atoms with Crippen LogP contribution in [0.5, 0.6) is 5.75 Å². The van der Waals surface area contributed by atoms with Gasteiger partial charge in [-0.3, -0.25) is 9.48 Å². The Morgan fingerprint density at radius 1 is 1.02 bits per heavy atom. The number of aromatic nitrogens is 2. The molecule has 6 rings (SSSR count). The second kappa shape index (κ2) is 13.7. The zero-order valence-corrected chi connectivity index (χ0v) is 27.7. The van der Waals surface area contributed by atoms with Gasteiger partial charge in [0.2, 0.25) is 15.9 Å². The van der Waals surface area contributed by atoms with Crippen molar-refractivity contribution >= 4 is 33.2 Å². The molecule has 0 aliphatic carbocycles. The Kier molecular flexibility index (Phi) is 9.70. The molecule has 3 aromatic rings. The van der Waals surface area contributed by atoms with E-state index in [0.29, 0.717) is 49.4 Å². The van der Waals surface area contributed by atoms with Crippen LogP contribution in [-0.4, -0.2) is 90.3 Å². The van der Waals surface area contributed by atoms with Crippen molar-refractivity contribution in [2.24, 2.45) is 0 Å². The minimum absolute atomic E-state index is 0.314. The fourth-order valence-electron chi connectivity index (χ4n) is 6.88. The second-order valence-corrected chi connectivity index (χ2v) is 14.7. The van der Waals surface area contributed by atoms with Gasteiger partial charge >= 0.3 is 0 Å². The highest BCUT2D eigenvalue weighted by Gasteiger charge is 2.32. The Bertz CT molecular complexity index is 1620. The third-order valence-electron chi connectivity index (χ3n) is 9.41. The zero-order chi connectivity index (χ0) is 31.6. The van der Waals surface area contributed by atoms with Crippen LogP contribution in [0, 0.1) is 0 Å². The van der Waals surface area contributed by atoms with Gasteiger partial charge in [0.15, 0.2) is 0 Å². The number of piperidine rings is 1. The molecule has 12 heteroatoms. The van der Waals surface area contributed by atoms with Crippen LogP contribution in [0.3, 0.4) is 0 Å². The lowest BCUT2D eigenvalue weighted by atomic mass is 10.0. The van der Waals surface area contributed by atoms with Crippen molar-refractivity contribution in [2.75, 3.05) is 51.4 Å². The average molecular weight is 655 g/mol. The number of anilines is 1. The van der Waals surface area contributed by atoms with Crippen LogP contribution < -0.4 is 10.1 Å². The molecule has 2 saturated heterocycles. The largest absolute Gasteiger partial charge is 0.497 e. The topological polar surface area (TPSA) is 100 Å². The van der Waals surface area contributed by atoms with E-state index >= 15 is 0 Å². The van der Waals surface area contributed by atoms with Crippen molar-refractivity contribution in [3.8, 4) is 17.0 Å². The summed E-state index contributed by atoms with van der Waals surface area (Å²) in [4.78, 5) is 16.8. The first-order valence-electron chi connectivity index (χ1n) is 15.9. The minimum Gasteiger partial charge on any atom is -0.497 e. The molecule has 1 amide bonds. The van der Waals surface area contributed by atoms with Crippen molar-refractivity contribution in [2.45, 2.75) is 64.2 Å². The minimum atomic E-state index is -3.34. The van der Waals surface area contributed by atoms with Gasteiger partial charge in [-0.1, -0.05) is 17.7 Å². The lowest BCUT2D eigenvalue weighted by molar-refractivity contribution is -0.130. The van der Waals surface area contributed by atoms with Crippen LogP contribution >= 0.6 is 11.6 Å². The fourth-order valence-corrected chi connectivity index (χ4v) is 7.85. The number of rotatable bonds is 11. The predicted octanol–water partition coefficient (Wildman–Crippen LogP) is 4.62. The molecule has 1 N–H and O–H groups in total. The quantitative estimate of drug-likeness (QED) is 0.322. The van der Waals surface area contributed by atoms with Gasteiger partial charge in [-0.25, -0.2) is 8.42 Å². The molecular weight excluding hydrogens is 612 g/mol. The van der Waals surface area contributed by atoms with E-state index in [4.69, 9.17) is 21.4 Å². The van der Waals surface area contributed by atoms with Gasteiger partial charge in [0.25, 0.3) is 0 Å². The van der Waals surface area contributed by atoms with Crippen LogP contribution in [0.4, 0.5) is 5.69 Å². The van der Waals surface area contributed by atoms with E-state index in [1.165, 1.54) is 6.26 Å². The lowest BCUT2D eigenvalue weighted by Gasteiger charge is -2.36. The number of nitrogens with zero attached hydrogens (tertiary/aromatic N) is 5. The van der Waals surface area contributed by atoms with E-state index in [2.05, 4.69) is 25.9 Å². The molecule has 4 heterocycles. The van der Waals surface area contributed by atoms with Gasteiger partial charge in [0.1, 0.15) is 5.75 Å². The van der Waals surface area contributed by atoms with Gasteiger partial charge in [-0.2, -0.15) is 9.40 Å². The monoisotopic (exact) mass is 654 g/mol. The van der Waals surface area contributed by atoms with E-state index in [1.807, 2.05) is 36.4 Å². The highest BCUT2D eigenvalue weighted by atomic mass is 35.5. The lowest BCUT2D eigenvalue weighted by Crippen LogP contribution is -2.45. The van der Waals surface area contributed by atoms with Crippen LogP contribution in [0.2, 0.25) is 5.02 Å². The highest BCUT2D eigenvalue weighted by molar-refractivity contribution is 7.88. The molecule has 0 atom stereocenters. The number of methoxy groups -OCH3 is 1. The Labute approximate surface area is 271 Å². The van der Waals surface area contributed by atoms with Crippen molar-refractivity contribution in [1.82, 2.24) is 23.9 Å². The number of hydrogen-bond acceptors (Lipinski definition) is 7. The number of likely N-dealkylation sites (tertiary alicyclic amines) is 2. The summed E-state index contributed by atoms with van der Waals surface area (Å²) in [5, 5.41) is 9.18. The maximum Gasteiger partial charge on any atom is 0.222 e. The standard InChI is InChI=1S/C33H43ClN6O4S/c1-44-28-9-7-26(8-10-28)35-22-25-21-24(6-11-30(25)34)33-29-23-38(45(2,42)43)20-14-31(29)40(36-33)17-4-15-37-18-12-27(13-19-37)39-16-3-5-32(39)41/h6-11,21,27,35H,3-5,12-20,22-23H2,1-2H3. The molecule has 3 aliphatic heterocycles. The first-order chi connectivity index (χ1) is 21.7. The van der Waals surface area contributed by atoms with Gasteiger partial charge in [0, 0.05) is 92.2 Å². The summed E-state index contributed by atoms with van der Waals surface area (Å²) < 4.78 is 33.9. The molecular formula is C33H43ClN6O4S. The third kappa shape index (κ3) is 7.32. The number of benzene rings is 2. The maximum atomic E-state index is 12.5. The number of nitrogens with one attached hydrogen (secondary N) is 1. The van der Waals surface area contributed by atoms with Crippen LogP contribution in [0.15, 0.2) is 42.5 Å². The zero-order valence-electron chi connectivity index (χ0n) is 26.2. The molecule has 0 spiro atoms. The Hall–Kier alpha value is -3.12. The number of sulfonamides is 1. The van der Waals surface area contributed by atoms with E-state index in [-0.39, 0.29) is 0 Å². The van der Waals surface area contributed by atoms with Crippen LogP contribution in [0.25, 0.3) is 11.3 Å². The predicted molar refractivity (Wildman–Crippen MR) is 177 cm³/mol. The summed E-state index contributed by atoms with van der Waals surface area (Å²) in [6.07, 6.45) is 6.64. The number of ether oxygens (including phenoxy) is 1. The number of carbonyl (C=O) groups excluding carboxylic acids is 1. The molecule has 0 bridgehead atoms. The van der Waals surface area contributed by atoms with Gasteiger partial charge in [-0.05, 0) is 74.2 Å². The SMILES string of the molecule is COc1ccc(NCc2cc(-c3nn(CCCN4CCC(N5CCCC5=O)CC4)c4c3CN(S(C)(=O)=O)CC4)ccc2Cl)cc1. The molecule has 0 unspecified atom stereocenters. The summed E-state index contributed by atoms with van der Waals surface area (Å²) in [6.45, 7) is 5.98. The molecule has 1 aromatic heterocycles. The number of carbonyl (C=O) groups is 1. The number of aryl methyl sites for hydroxylation is 1. The summed E-state index contributed by atoms with van der Waals surface area (Å²) in [5.74, 6) is 1.12. The number of halogens is 1. The van der Waals surface area contributed by atoms with E-state index in [0.717, 1.165) is 97.9 Å². The first-order valence-corrected chi connectivity index (χ1v) is 18.1. The normalized spacial score (nSPS) is 18.4. The molecule has 0 saturated carbocycles.